The lowest BCUT2D eigenvalue weighted by atomic mass is 10.0. The van der Waals surface area contributed by atoms with E-state index in [0.717, 1.165) is 12.1 Å². The summed E-state index contributed by atoms with van der Waals surface area (Å²) in [6, 6.07) is 8.48. The molecule has 1 aromatic carbocycles. The van der Waals surface area contributed by atoms with Gasteiger partial charge in [-0.15, -0.1) is 0 Å². The molecule has 2 aromatic heterocycles. The van der Waals surface area contributed by atoms with Gasteiger partial charge in [0.15, 0.2) is 11.6 Å². The highest BCUT2D eigenvalue weighted by atomic mass is 35.5. The predicted octanol–water partition coefficient (Wildman–Crippen LogP) is 4.06. The van der Waals surface area contributed by atoms with Gasteiger partial charge in [-0.2, -0.15) is 0 Å². The summed E-state index contributed by atoms with van der Waals surface area (Å²) in [6.07, 6.45) is 3.54. The molecule has 1 atom stereocenters. The molecule has 0 aliphatic carbocycles. The first kappa shape index (κ1) is 18.3. The van der Waals surface area contributed by atoms with Crippen LogP contribution < -0.4 is 5.32 Å². The van der Waals surface area contributed by atoms with Crippen molar-refractivity contribution >= 4 is 40.0 Å². The Labute approximate surface area is 166 Å². The van der Waals surface area contributed by atoms with Crippen LogP contribution in [0, 0.1) is 5.82 Å². The molecule has 0 bridgehead atoms. The van der Waals surface area contributed by atoms with E-state index >= 15 is 0 Å². The summed E-state index contributed by atoms with van der Waals surface area (Å²) in [5, 5.41) is 2.98. The first-order valence-corrected chi connectivity index (χ1v) is 9.18. The number of nitrogens with one attached hydrogen (secondary N) is 1. The molecule has 3 aromatic rings. The van der Waals surface area contributed by atoms with Crippen molar-refractivity contribution in [2.45, 2.75) is 12.3 Å². The number of carbonyl (C=O) groups is 1. The molecule has 1 N–H and O–H groups in total. The first-order chi connectivity index (χ1) is 13.6. The van der Waals surface area contributed by atoms with E-state index in [-0.39, 0.29) is 22.5 Å². The fraction of sp³-hybridized carbons (Fsp3) is 0.200. The van der Waals surface area contributed by atoms with E-state index in [4.69, 9.17) is 16.6 Å². The molecule has 8 heteroatoms. The van der Waals surface area contributed by atoms with E-state index in [1.807, 2.05) is 12.1 Å². The minimum absolute atomic E-state index is 0.0231. The van der Waals surface area contributed by atoms with Gasteiger partial charge in [0.2, 0.25) is 5.91 Å². The molecule has 142 valence electrons. The molecule has 1 saturated heterocycles. The summed E-state index contributed by atoms with van der Waals surface area (Å²) in [4.78, 5) is 26.8. The number of pyridine rings is 1. The fourth-order valence-corrected chi connectivity index (χ4v) is 3.51. The zero-order valence-corrected chi connectivity index (χ0v) is 15.7. The highest BCUT2D eigenvalue weighted by Gasteiger charge is 2.27. The smallest absolute Gasteiger partial charge is 0.245 e. The van der Waals surface area contributed by atoms with E-state index in [0.29, 0.717) is 29.9 Å². The summed E-state index contributed by atoms with van der Waals surface area (Å²) in [7, 11) is 0. The Morgan fingerprint density at radius 1 is 1.32 bits per heavy atom. The quantitative estimate of drug-likeness (QED) is 0.672. The average Bonchev–Trinajstić information content (AvgIpc) is 3.21. The van der Waals surface area contributed by atoms with Gasteiger partial charge in [-0.25, -0.2) is 19.3 Å². The zero-order valence-electron chi connectivity index (χ0n) is 14.9. The molecule has 0 saturated carbocycles. The van der Waals surface area contributed by atoms with Crippen LogP contribution in [0.3, 0.4) is 0 Å². The van der Waals surface area contributed by atoms with Gasteiger partial charge in [-0.3, -0.25) is 4.79 Å². The predicted molar refractivity (Wildman–Crippen MR) is 106 cm³/mol. The molecule has 0 unspecified atom stereocenters. The van der Waals surface area contributed by atoms with Crippen LogP contribution in [0.15, 0.2) is 49.3 Å². The number of benzene rings is 1. The molecule has 6 nitrogen and oxygen atoms in total. The van der Waals surface area contributed by atoms with Gasteiger partial charge in [0, 0.05) is 24.7 Å². The fourth-order valence-electron chi connectivity index (χ4n) is 3.33. The largest absolute Gasteiger partial charge is 0.338 e. The Hall–Kier alpha value is -3.06. The molecule has 0 radical (unpaired) electrons. The Morgan fingerprint density at radius 3 is 3.00 bits per heavy atom. The average molecular weight is 398 g/mol. The number of hydrogen-bond acceptors (Lipinski definition) is 5. The van der Waals surface area contributed by atoms with Crippen LogP contribution in [0.5, 0.6) is 0 Å². The third-order valence-corrected chi connectivity index (χ3v) is 5.09. The summed E-state index contributed by atoms with van der Waals surface area (Å²) >= 11 is 5.86. The zero-order chi connectivity index (χ0) is 19.7. The Morgan fingerprint density at radius 2 is 2.18 bits per heavy atom. The molecule has 3 heterocycles. The second kappa shape index (κ2) is 7.52. The molecular weight excluding hydrogens is 381 g/mol. The van der Waals surface area contributed by atoms with Crippen LogP contribution in [-0.2, 0) is 4.79 Å². The second-order valence-corrected chi connectivity index (χ2v) is 6.93. The minimum atomic E-state index is -0.554. The van der Waals surface area contributed by atoms with Gasteiger partial charge in [-0.1, -0.05) is 24.2 Å². The van der Waals surface area contributed by atoms with E-state index < -0.39 is 5.82 Å². The normalized spacial score (nSPS) is 16.4. The van der Waals surface area contributed by atoms with Crippen LogP contribution in [0.1, 0.15) is 18.0 Å². The second-order valence-electron chi connectivity index (χ2n) is 6.53. The van der Waals surface area contributed by atoms with Crippen molar-refractivity contribution in [2.75, 3.05) is 18.4 Å². The number of anilines is 2. The Balaban J connectivity index is 1.67. The Bertz CT molecular complexity index is 1070. The van der Waals surface area contributed by atoms with Crippen LogP contribution in [0.25, 0.3) is 11.0 Å². The number of nitrogens with zero attached hydrogens (tertiary/aromatic N) is 4. The van der Waals surface area contributed by atoms with Crippen molar-refractivity contribution in [1.29, 1.82) is 0 Å². The summed E-state index contributed by atoms with van der Waals surface area (Å²) in [5.74, 6) is -0.124. The molecule has 4 rings (SSSR count). The lowest BCUT2D eigenvalue weighted by Gasteiger charge is -2.15. The van der Waals surface area contributed by atoms with Gasteiger partial charge in [0.25, 0.3) is 0 Å². The van der Waals surface area contributed by atoms with Crippen LogP contribution in [-0.4, -0.2) is 38.8 Å². The minimum Gasteiger partial charge on any atom is -0.338 e. The monoisotopic (exact) mass is 397 g/mol. The van der Waals surface area contributed by atoms with Crippen LogP contribution >= 0.6 is 11.6 Å². The molecule has 28 heavy (non-hydrogen) atoms. The lowest BCUT2D eigenvalue weighted by molar-refractivity contribution is -0.125. The number of likely N-dealkylation sites (tertiary alicyclic amines) is 1. The third kappa shape index (κ3) is 3.41. The SMILES string of the molecule is C=CC(=O)N1CC[C@@H](c2ccc3ncnc(Nc4cccc(Cl)c4F)c3n2)C1. The van der Waals surface area contributed by atoms with E-state index in [9.17, 15) is 9.18 Å². The maximum atomic E-state index is 14.3. The van der Waals surface area contributed by atoms with Crippen molar-refractivity contribution in [3.63, 3.8) is 0 Å². The number of carbonyl (C=O) groups excluding carboxylic acids is 1. The maximum Gasteiger partial charge on any atom is 0.245 e. The van der Waals surface area contributed by atoms with E-state index in [1.54, 1.807) is 17.0 Å². The first-order valence-electron chi connectivity index (χ1n) is 8.81. The van der Waals surface area contributed by atoms with Crippen LogP contribution in [0.2, 0.25) is 5.02 Å². The number of hydrogen-bond donors (Lipinski definition) is 1. The number of fused-ring (bicyclic) bond motifs is 1. The summed E-state index contributed by atoms with van der Waals surface area (Å²) in [5.41, 5.74) is 2.23. The van der Waals surface area contributed by atoms with Gasteiger partial charge < -0.3 is 10.2 Å². The van der Waals surface area contributed by atoms with Gasteiger partial charge >= 0.3 is 0 Å². The number of halogens is 2. The number of amides is 1. The maximum absolute atomic E-state index is 14.3. The molecule has 1 aliphatic rings. The van der Waals surface area contributed by atoms with Gasteiger partial charge in [0.1, 0.15) is 11.8 Å². The standard InChI is InChI=1S/C20H17ClFN5O/c1-2-17(28)27-9-8-12(10-27)14-6-7-16-19(25-14)20(24-11-23-16)26-15-5-3-4-13(21)18(15)22/h2-7,11-12H,1,8-10H2,(H,23,24,26)/t12-/m1/s1. The van der Waals surface area contributed by atoms with E-state index in [2.05, 4.69) is 21.9 Å². The van der Waals surface area contributed by atoms with E-state index in [1.165, 1.54) is 18.5 Å². The lowest BCUT2D eigenvalue weighted by Crippen LogP contribution is -2.26. The Kier molecular flexibility index (Phi) is 4.92. The molecule has 1 aliphatic heterocycles. The van der Waals surface area contributed by atoms with Crippen molar-refractivity contribution in [1.82, 2.24) is 19.9 Å². The molecule has 1 amide bonds. The van der Waals surface area contributed by atoms with Crippen molar-refractivity contribution in [3.05, 3.63) is 65.8 Å². The van der Waals surface area contributed by atoms with Gasteiger partial charge in [-0.05, 0) is 36.8 Å². The topological polar surface area (TPSA) is 71.0 Å². The van der Waals surface area contributed by atoms with Gasteiger partial charge in [0.05, 0.1) is 16.2 Å². The number of rotatable bonds is 4. The molecule has 1 fully saturated rings. The summed E-state index contributed by atoms with van der Waals surface area (Å²) < 4.78 is 14.3. The van der Waals surface area contributed by atoms with Crippen molar-refractivity contribution in [3.8, 4) is 0 Å². The summed E-state index contributed by atoms with van der Waals surface area (Å²) in [6.45, 7) is 4.79. The van der Waals surface area contributed by atoms with Crippen molar-refractivity contribution in [2.24, 2.45) is 0 Å². The highest BCUT2D eigenvalue weighted by molar-refractivity contribution is 6.31. The van der Waals surface area contributed by atoms with Crippen molar-refractivity contribution < 1.29 is 9.18 Å². The molecular formula is C20H17ClFN5O. The molecule has 0 spiro atoms. The third-order valence-electron chi connectivity index (χ3n) is 4.80. The van der Waals surface area contributed by atoms with Crippen LogP contribution in [0.4, 0.5) is 15.9 Å². The highest BCUT2D eigenvalue weighted by Crippen LogP contribution is 2.30. The number of aromatic nitrogens is 3.